The van der Waals surface area contributed by atoms with E-state index in [1.807, 2.05) is 6.07 Å². The summed E-state index contributed by atoms with van der Waals surface area (Å²) in [6.45, 7) is 1.94. The first kappa shape index (κ1) is 14.6. The fourth-order valence-corrected chi connectivity index (χ4v) is 2.44. The fourth-order valence-electron chi connectivity index (χ4n) is 2.44. The minimum absolute atomic E-state index is 0.233. The Morgan fingerprint density at radius 3 is 2.75 bits per heavy atom. The van der Waals surface area contributed by atoms with Gasteiger partial charge in [-0.05, 0) is 38.6 Å². The molecule has 0 bridgehead atoms. The first-order chi connectivity index (χ1) is 9.58. The van der Waals surface area contributed by atoms with Crippen LogP contribution in [-0.4, -0.2) is 41.2 Å². The van der Waals surface area contributed by atoms with Crippen molar-refractivity contribution in [3.05, 3.63) is 36.0 Å². The number of carbonyl (C=O) groups is 1. The van der Waals surface area contributed by atoms with Crippen LogP contribution in [0, 0.1) is 0 Å². The molecule has 0 aliphatic heterocycles. The van der Waals surface area contributed by atoms with Crippen molar-refractivity contribution in [2.75, 3.05) is 20.6 Å². The Hall–Kier alpha value is -1.81. The molecule has 1 aromatic heterocycles. The van der Waals surface area contributed by atoms with Gasteiger partial charge in [0.1, 0.15) is 0 Å². The lowest BCUT2D eigenvalue weighted by Gasteiger charge is -2.10. The maximum Gasteiger partial charge on any atom is 0.303 e. The van der Waals surface area contributed by atoms with Crippen LogP contribution in [0.4, 0.5) is 0 Å². The smallest absolute Gasteiger partial charge is 0.303 e. The van der Waals surface area contributed by atoms with E-state index >= 15 is 0 Å². The molecule has 4 heteroatoms. The molecule has 2 rings (SSSR count). The minimum atomic E-state index is -0.721. The quantitative estimate of drug-likeness (QED) is 0.844. The van der Waals surface area contributed by atoms with Gasteiger partial charge in [0.2, 0.25) is 0 Å². The van der Waals surface area contributed by atoms with E-state index in [4.69, 9.17) is 5.11 Å². The molecule has 0 unspecified atom stereocenters. The van der Waals surface area contributed by atoms with Crippen molar-refractivity contribution in [1.82, 2.24) is 9.47 Å². The van der Waals surface area contributed by atoms with Crippen molar-refractivity contribution in [1.29, 1.82) is 0 Å². The number of aryl methyl sites for hydroxylation is 1. The second-order valence-electron chi connectivity index (χ2n) is 5.42. The molecule has 1 heterocycles. The highest BCUT2D eigenvalue weighted by Crippen LogP contribution is 2.22. The largest absolute Gasteiger partial charge is 0.481 e. The van der Waals surface area contributed by atoms with E-state index in [1.54, 1.807) is 0 Å². The maximum atomic E-state index is 10.6. The van der Waals surface area contributed by atoms with Crippen LogP contribution in [0.1, 0.15) is 18.4 Å². The monoisotopic (exact) mass is 274 g/mol. The van der Waals surface area contributed by atoms with Crippen LogP contribution in [-0.2, 0) is 17.8 Å². The molecule has 1 aromatic carbocycles. The number of aromatic nitrogens is 1. The van der Waals surface area contributed by atoms with Crippen molar-refractivity contribution >= 4 is 16.9 Å². The second-order valence-corrected chi connectivity index (χ2v) is 5.42. The van der Waals surface area contributed by atoms with Gasteiger partial charge in [0.15, 0.2) is 0 Å². The highest BCUT2D eigenvalue weighted by atomic mass is 16.4. The van der Waals surface area contributed by atoms with Crippen molar-refractivity contribution < 1.29 is 9.90 Å². The molecule has 20 heavy (non-hydrogen) atoms. The molecule has 0 atom stereocenters. The van der Waals surface area contributed by atoms with Gasteiger partial charge >= 0.3 is 5.97 Å². The van der Waals surface area contributed by atoms with Crippen molar-refractivity contribution in [3.63, 3.8) is 0 Å². The number of likely N-dealkylation sites (N-methyl/N-ethyl adjacent to an activating group) is 1. The Morgan fingerprint density at radius 2 is 2.05 bits per heavy atom. The van der Waals surface area contributed by atoms with Gasteiger partial charge < -0.3 is 14.6 Å². The molecule has 4 nitrogen and oxygen atoms in total. The third-order valence-electron chi connectivity index (χ3n) is 3.50. The fraction of sp³-hybridized carbons (Fsp3) is 0.438. The first-order valence-corrected chi connectivity index (χ1v) is 7.01. The van der Waals surface area contributed by atoms with E-state index in [2.05, 4.69) is 48.0 Å². The first-order valence-electron chi connectivity index (χ1n) is 7.01. The Labute approximate surface area is 119 Å². The number of rotatable bonds is 7. The molecule has 108 valence electrons. The zero-order chi connectivity index (χ0) is 14.5. The van der Waals surface area contributed by atoms with E-state index in [0.29, 0.717) is 6.42 Å². The topological polar surface area (TPSA) is 45.5 Å². The molecule has 0 aliphatic rings. The third kappa shape index (κ3) is 3.61. The second kappa shape index (κ2) is 6.57. The summed E-state index contributed by atoms with van der Waals surface area (Å²) < 4.78 is 2.27. The van der Waals surface area contributed by atoms with Crippen LogP contribution in [0.3, 0.4) is 0 Å². The van der Waals surface area contributed by atoms with Gasteiger partial charge in [0, 0.05) is 36.6 Å². The van der Waals surface area contributed by atoms with E-state index < -0.39 is 5.97 Å². The number of fused-ring (bicyclic) bond motifs is 1. The van der Waals surface area contributed by atoms with Crippen molar-refractivity contribution in [3.8, 4) is 0 Å². The molecule has 0 fully saturated rings. The maximum absolute atomic E-state index is 10.6. The number of hydrogen-bond acceptors (Lipinski definition) is 2. The van der Waals surface area contributed by atoms with Crippen molar-refractivity contribution in [2.24, 2.45) is 0 Å². The minimum Gasteiger partial charge on any atom is -0.481 e. The Kier molecular flexibility index (Phi) is 4.79. The molecule has 1 N–H and O–H groups in total. The molecular weight excluding hydrogens is 252 g/mol. The lowest BCUT2D eigenvalue weighted by Crippen LogP contribution is -2.17. The number of carboxylic acid groups (broad SMARTS) is 1. The van der Waals surface area contributed by atoms with Crippen LogP contribution < -0.4 is 0 Å². The highest BCUT2D eigenvalue weighted by Gasteiger charge is 2.08. The molecular formula is C16H22N2O2. The Morgan fingerprint density at radius 1 is 1.30 bits per heavy atom. The summed E-state index contributed by atoms with van der Waals surface area (Å²) in [4.78, 5) is 12.8. The summed E-state index contributed by atoms with van der Waals surface area (Å²) in [5.41, 5.74) is 2.49. The summed E-state index contributed by atoms with van der Waals surface area (Å²) in [7, 11) is 4.14. The van der Waals surface area contributed by atoms with Gasteiger partial charge in [-0.25, -0.2) is 0 Å². The summed E-state index contributed by atoms with van der Waals surface area (Å²) in [5, 5.41) is 9.99. The molecule has 0 radical (unpaired) electrons. The molecule has 0 saturated heterocycles. The van der Waals surface area contributed by atoms with E-state index in [1.165, 1.54) is 16.5 Å². The number of benzene rings is 1. The SMILES string of the molecule is CN(C)CCn1cc(CCCC(=O)O)c2ccccc21. The molecule has 0 aliphatic carbocycles. The summed E-state index contributed by atoms with van der Waals surface area (Å²) in [6.07, 6.45) is 3.92. The number of para-hydroxylation sites is 1. The zero-order valence-corrected chi connectivity index (χ0v) is 12.2. The number of aliphatic carboxylic acids is 1. The van der Waals surface area contributed by atoms with Crippen LogP contribution >= 0.6 is 0 Å². The Balaban J connectivity index is 2.19. The summed E-state index contributed by atoms with van der Waals surface area (Å²) >= 11 is 0. The van der Waals surface area contributed by atoms with Crippen LogP contribution in [0.25, 0.3) is 10.9 Å². The molecule has 0 saturated carbocycles. The third-order valence-corrected chi connectivity index (χ3v) is 3.50. The summed E-state index contributed by atoms with van der Waals surface area (Å²) in [6, 6.07) is 8.35. The zero-order valence-electron chi connectivity index (χ0n) is 12.2. The Bertz CT molecular complexity index is 587. The average molecular weight is 274 g/mol. The van der Waals surface area contributed by atoms with Gasteiger partial charge in [0.05, 0.1) is 0 Å². The predicted molar refractivity (Wildman–Crippen MR) is 81.1 cm³/mol. The van der Waals surface area contributed by atoms with E-state index in [0.717, 1.165) is 19.5 Å². The van der Waals surface area contributed by atoms with Gasteiger partial charge in [-0.1, -0.05) is 18.2 Å². The van der Waals surface area contributed by atoms with E-state index in [9.17, 15) is 4.79 Å². The van der Waals surface area contributed by atoms with Crippen molar-refractivity contribution in [2.45, 2.75) is 25.8 Å². The number of nitrogens with zero attached hydrogens (tertiary/aromatic N) is 2. The molecule has 2 aromatic rings. The van der Waals surface area contributed by atoms with Gasteiger partial charge in [-0.3, -0.25) is 4.79 Å². The van der Waals surface area contributed by atoms with Gasteiger partial charge in [0.25, 0.3) is 0 Å². The summed E-state index contributed by atoms with van der Waals surface area (Å²) in [5.74, 6) is -0.721. The normalized spacial score (nSPS) is 11.3. The number of carboxylic acids is 1. The van der Waals surface area contributed by atoms with E-state index in [-0.39, 0.29) is 6.42 Å². The average Bonchev–Trinajstić information content (AvgIpc) is 2.75. The van der Waals surface area contributed by atoms with Gasteiger partial charge in [-0.15, -0.1) is 0 Å². The number of hydrogen-bond donors (Lipinski definition) is 1. The molecule has 0 amide bonds. The van der Waals surface area contributed by atoms with Crippen LogP contribution in [0.15, 0.2) is 30.5 Å². The predicted octanol–water partition coefficient (Wildman–Crippen LogP) is 2.61. The van der Waals surface area contributed by atoms with Gasteiger partial charge in [-0.2, -0.15) is 0 Å². The standard InChI is InChI=1S/C16H22N2O2/c1-17(2)10-11-18-12-13(6-5-9-16(19)20)14-7-3-4-8-15(14)18/h3-4,7-8,12H,5-6,9-11H2,1-2H3,(H,19,20). The molecule has 0 spiro atoms. The lowest BCUT2D eigenvalue weighted by molar-refractivity contribution is -0.137. The van der Waals surface area contributed by atoms with Crippen LogP contribution in [0.5, 0.6) is 0 Å². The van der Waals surface area contributed by atoms with Crippen LogP contribution in [0.2, 0.25) is 0 Å². The lowest BCUT2D eigenvalue weighted by atomic mass is 10.1. The highest BCUT2D eigenvalue weighted by molar-refractivity contribution is 5.84.